The number of benzene rings is 1. The molecule has 0 radical (unpaired) electrons. The number of aromatic nitrogens is 1. The number of pyridine rings is 1. The minimum atomic E-state index is 0.348. The summed E-state index contributed by atoms with van der Waals surface area (Å²) in [6.45, 7) is 2.60. The molecule has 0 fully saturated rings. The molecule has 0 amide bonds. The average Bonchev–Trinajstić information content (AvgIpc) is 2.38. The minimum absolute atomic E-state index is 0.348. The lowest BCUT2D eigenvalue weighted by Gasteiger charge is -2.11. The molecule has 5 heteroatoms. The van der Waals surface area contributed by atoms with Gasteiger partial charge in [0.25, 0.3) is 0 Å². The van der Waals surface area contributed by atoms with Crippen molar-refractivity contribution in [2.24, 2.45) is 5.73 Å². The Hall–Kier alpha value is -1.65. The third-order valence-electron chi connectivity index (χ3n) is 2.70. The van der Waals surface area contributed by atoms with E-state index in [1.54, 1.807) is 6.07 Å². The van der Waals surface area contributed by atoms with Gasteiger partial charge in [0, 0.05) is 34.7 Å². The van der Waals surface area contributed by atoms with Crippen molar-refractivity contribution in [3.63, 3.8) is 0 Å². The smallest absolute Gasteiger partial charge is 0.106 e. The zero-order chi connectivity index (χ0) is 13.8. The van der Waals surface area contributed by atoms with E-state index >= 15 is 0 Å². The Balaban J connectivity index is 2.16. The Morgan fingerprint density at radius 3 is 2.79 bits per heavy atom. The molecule has 2 rings (SSSR count). The summed E-state index contributed by atoms with van der Waals surface area (Å²) in [6, 6.07) is 9.41. The minimum Gasteiger partial charge on any atom is -0.389 e. The van der Waals surface area contributed by atoms with Crippen LogP contribution in [0.4, 0.5) is 5.69 Å². The van der Waals surface area contributed by atoms with E-state index in [2.05, 4.69) is 10.3 Å². The molecular formula is C14H14ClN3S. The fourth-order valence-corrected chi connectivity index (χ4v) is 2.03. The maximum atomic E-state index is 5.99. The fraction of sp³-hybridized carbons (Fsp3) is 0.143. The van der Waals surface area contributed by atoms with Gasteiger partial charge in [0.15, 0.2) is 0 Å². The van der Waals surface area contributed by atoms with E-state index in [1.807, 2.05) is 37.4 Å². The Bertz CT molecular complexity index is 596. The third-order valence-corrected chi connectivity index (χ3v) is 3.16. The molecule has 1 aromatic carbocycles. The normalized spacial score (nSPS) is 10.2. The van der Waals surface area contributed by atoms with E-state index in [0.717, 1.165) is 22.5 Å². The maximum absolute atomic E-state index is 5.99. The largest absolute Gasteiger partial charge is 0.389 e. The molecule has 0 spiro atoms. The molecule has 0 aliphatic heterocycles. The van der Waals surface area contributed by atoms with Crippen molar-refractivity contribution in [1.29, 1.82) is 0 Å². The van der Waals surface area contributed by atoms with E-state index in [9.17, 15) is 0 Å². The van der Waals surface area contributed by atoms with Crippen LogP contribution < -0.4 is 11.1 Å². The fourth-order valence-electron chi connectivity index (χ4n) is 1.68. The number of nitrogens with two attached hydrogens (primary N) is 1. The highest BCUT2D eigenvalue weighted by molar-refractivity contribution is 7.80. The van der Waals surface area contributed by atoms with Gasteiger partial charge in [-0.3, -0.25) is 4.98 Å². The summed E-state index contributed by atoms with van der Waals surface area (Å²) in [6.07, 6.45) is 1.84. The summed E-state index contributed by atoms with van der Waals surface area (Å²) in [7, 11) is 0. The lowest BCUT2D eigenvalue weighted by molar-refractivity contribution is 1.08. The summed E-state index contributed by atoms with van der Waals surface area (Å²) in [4.78, 5) is 4.60. The van der Waals surface area contributed by atoms with Gasteiger partial charge >= 0.3 is 0 Å². The molecule has 0 unspecified atom stereocenters. The highest BCUT2D eigenvalue weighted by Crippen LogP contribution is 2.21. The number of nitrogens with one attached hydrogen (secondary N) is 1. The van der Waals surface area contributed by atoms with Gasteiger partial charge in [0.2, 0.25) is 0 Å². The summed E-state index contributed by atoms with van der Waals surface area (Å²) < 4.78 is 0. The average molecular weight is 292 g/mol. The van der Waals surface area contributed by atoms with E-state index in [0.29, 0.717) is 16.6 Å². The summed E-state index contributed by atoms with van der Waals surface area (Å²) in [5.41, 5.74) is 9.39. The first kappa shape index (κ1) is 13.8. The highest BCUT2D eigenvalue weighted by atomic mass is 35.5. The van der Waals surface area contributed by atoms with Crippen molar-refractivity contribution in [3.05, 3.63) is 58.4 Å². The van der Waals surface area contributed by atoms with Crippen molar-refractivity contribution in [3.8, 4) is 0 Å². The van der Waals surface area contributed by atoms with Gasteiger partial charge in [-0.15, -0.1) is 0 Å². The van der Waals surface area contributed by atoms with Crippen LogP contribution in [0.3, 0.4) is 0 Å². The summed E-state index contributed by atoms with van der Waals surface area (Å²) >= 11 is 11.0. The molecule has 2 aromatic rings. The highest BCUT2D eigenvalue weighted by Gasteiger charge is 2.06. The second kappa shape index (κ2) is 5.99. The van der Waals surface area contributed by atoms with Gasteiger partial charge < -0.3 is 11.1 Å². The van der Waals surface area contributed by atoms with Crippen LogP contribution in [-0.2, 0) is 6.54 Å². The second-order valence-electron chi connectivity index (χ2n) is 4.22. The van der Waals surface area contributed by atoms with Gasteiger partial charge in [-0.25, -0.2) is 0 Å². The van der Waals surface area contributed by atoms with Crippen LogP contribution in [0.25, 0.3) is 0 Å². The van der Waals surface area contributed by atoms with Gasteiger partial charge in [-0.1, -0.05) is 29.9 Å². The Kier molecular flexibility index (Phi) is 4.35. The van der Waals surface area contributed by atoms with Crippen LogP contribution in [0.5, 0.6) is 0 Å². The van der Waals surface area contributed by atoms with E-state index in [-0.39, 0.29) is 0 Å². The third kappa shape index (κ3) is 3.66. The van der Waals surface area contributed by atoms with Crippen molar-refractivity contribution in [2.45, 2.75) is 13.5 Å². The van der Waals surface area contributed by atoms with Crippen molar-refractivity contribution >= 4 is 34.5 Å². The van der Waals surface area contributed by atoms with Gasteiger partial charge in [-0.05, 0) is 36.8 Å². The quantitative estimate of drug-likeness (QED) is 0.849. The Morgan fingerprint density at radius 2 is 2.16 bits per heavy atom. The van der Waals surface area contributed by atoms with E-state index < -0.39 is 0 Å². The molecule has 19 heavy (non-hydrogen) atoms. The second-order valence-corrected chi connectivity index (χ2v) is 5.09. The number of halogens is 1. The summed E-state index contributed by atoms with van der Waals surface area (Å²) in [5.74, 6) is 0. The molecule has 1 heterocycles. The molecule has 3 nitrogen and oxygen atoms in total. The molecule has 0 atom stereocenters. The van der Waals surface area contributed by atoms with Crippen molar-refractivity contribution in [2.75, 3.05) is 5.32 Å². The number of hydrogen-bond donors (Lipinski definition) is 2. The monoisotopic (exact) mass is 291 g/mol. The standard InChI is InChI=1S/C14H14ClN3S/c1-9-2-3-10(7-17-9)8-18-13-6-11(15)4-5-12(13)14(16)19/h2-7,18H,8H2,1H3,(H2,16,19). The zero-order valence-corrected chi connectivity index (χ0v) is 12.1. The molecule has 0 aliphatic rings. The van der Waals surface area contributed by atoms with Gasteiger partial charge in [0.05, 0.1) is 0 Å². The number of aryl methyl sites for hydroxylation is 1. The van der Waals surface area contributed by atoms with E-state index in [4.69, 9.17) is 29.6 Å². The topological polar surface area (TPSA) is 50.9 Å². The zero-order valence-electron chi connectivity index (χ0n) is 10.5. The SMILES string of the molecule is Cc1ccc(CNc2cc(Cl)ccc2C(N)=S)cn1. The Labute approximate surface area is 122 Å². The number of hydrogen-bond acceptors (Lipinski definition) is 3. The van der Waals surface area contributed by atoms with Crippen LogP contribution in [0.1, 0.15) is 16.8 Å². The first-order valence-corrected chi connectivity index (χ1v) is 6.59. The first-order valence-electron chi connectivity index (χ1n) is 5.81. The van der Waals surface area contributed by atoms with Crippen LogP contribution >= 0.6 is 23.8 Å². The molecule has 1 aromatic heterocycles. The summed E-state index contributed by atoms with van der Waals surface area (Å²) in [5, 5.41) is 3.92. The molecular weight excluding hydrogens is 278 g/mol. The van der Waals surface area contributed by atoms with Gasteiger partial charge in [-0.2, -0.15) is 0 Å². The molecule has 0 saturated carbocycles. The molecule has 0 bridgehead atoms. The number of thiocarbonyl (C=S) groups is 1. The number of rotatable bonds is 4. The van der Waals surface area contributed by atoms with Crippen LogP contribution in [0.15, 0.2) is 36.5 Å². The predicted molar refractivity (Wildman–Crippen MR) is 83.6 cm³/mol. The van der Waals surface area contributed by atoms with Gasteiger partial charge in [0.1, 0.15) is 4.99 Å². The van der Waals surface area contributed by atoms with Crippen LogP contribution in [-0.4, -0.2) is 9.97 Å². The molecule has 3 N–H and O–H groups in total. The lowest BCUT2D eigenvalue weighted by atomic mass is 10.1. The predicted octanol–water partition coefficient (Wildman–Crippen LogP) is 3.29. The Morgan fingerprint density at radius 1 is 1.37 bits per heavy atom. The maximum Gasteiger partial charge on any atom is 0.106 e. The van der Waals surface area contributed by atoms with Crippen molar-refractivity contribution in [1.82, 2.24) is 4.98 Å². The lowest BCUT2D eigenvalue weighted by Crippen LogP contribution is -2.13. The molecule has 0 saturated heterocycles. The molecule has 98 valence electrons. The van der Waals surface area contributed by atoms with Crippen LogP contribution in [0, 0.1) is 6.92 Å². The number of nitrogens with zero attached hydrogens (tertiary/aromatic N) is 1. The number of anilines is 1. The van der Waals surface area contributed by atoms with E-state index in [1.165, 1.54) is 0 Å². The molecule has 0 aliphatic carbocycles. The van der Waals surface area contributed by atoms with Crippen LogP contribution in [0.2, 0.25) is 5.02 Å². The van der Waals surface area contributed by atoms with Crippen molar-refractivity contribution < 1.29 is 0 Å². The first-order chi connectivity index (χ1) is 9.06.